The van der Waals surface area contributed by atoms with Crippen LogP contribution in [0, 0.1) is 0 Å². The van der Waals surface area contributed by atoms with E-state index in [1.807, 2.05) is 18.2 Å². The van der Waals surface area contributed by atoms with Gasteiger partial charge in [-0.1, -0.05) is 11.6 Å². The maximum atomic E-state index is 6.15. The van der Waals surface area contributed by atoms with Crippen molar-refractivity contribution < 1.29 is 0 Å². The molecule has 1 fully saturated rings. The van der Waals surface area contributed by atoms with Crippen LogP contribution >= 0.6 is 11.6 Å². The van der Waals surface area contributed by atoms with Crippen molar-refractivity contribution in [2.24, 2.45) is 5.73 Å². The molecule has 1 aromatic heterocycles. The maximum Gasteiger partial charge on any atom is 0.116 e. The van der Waals surface area contributed by atoms with E-state index < -0.39 is 0 Å². The van der Waals surface area contributed by atoms with Crippen LogP contribution in [0.25, 0.3) is 10.9 Å². The Hall–Kier alpha value is -1.19. The summed E-state index contributed by atoms with van der Waals surface area (Å²) in [5.41, 5.74) is 7.73. The van der Waals surface area contributed by atoms with Gasteiger partial charge in [0.2, 0.25) is 0 Å². The van der Waals surface area contributed by atoms with Gasteiger partial charge in [0, 0.05) is 10.4 Å². The second-order valence-corrected chi connectivity index (χ2v) is 4.48. The monoisotopic (exact) mass is 219 g/mol. The summed E-state index contributed by atoms with van der Waals surface area (Å²) < 4.78 is 0. The van der Waals surface area contributed by atoms with Crippen LogP contribution in [0.1, 0.15) is 18.5 Å². The zero-order valence-corrected chi connectivity index (χ0v) is 8.83. The normalized spacial score (nSPS) is 18.0. The molecule has 3 rings (SSSR count). The second-order valence-electron chi connectivity index (χ2n) is 4.04. The van der Waals surface area contributed by atoms with Crippen molar-refractivity contribution >= 4 is 22.5 Å². The van der Waals surface area contributed by atoms with Crippen molar-refractivity contribution in [2.75, 3.05) is 0 Å². The van der Waals surface area contributed by atoms with E-state index in [-0.39, 0.29) is 5.54 Å². The number of aromatic nitrogens is 2. The van der Waals surface area contributed by atoms with E-state index in [1.54, 1.807) is 6.33 Å². The summed E-state index contributed by atoms with van der Waals surface area (Å²) in [6.07, 6.45) is 3.56. The highest BCUT2D eigenvalue weighted by Crippen LogP contribution is 2.43. The summed E-state index contributed by atoms with van der Waals surface area (Å²) in [5, 5.41) is 1.70. The molecule has 1 heterocycles. The van der Waals surface area contributed by atoms with E-state index in [4.69, 9.17) is 17.3 Å². The highest BCUT2D eigenvalue weighted by molar-refractivity contribution is 6.31. The first-order valence-electron chi connectivity index (χ1n) is 4.89. The minimum absolute atomic E-state index is 0.227. The fraction of sp³-hybridized carbons (Fsp3) is 0.273. The van der Waals surface area contributed by atoms with E-state index >= 15 is 0 Å². The van der Waals surface area contributed by atoms with Gasteiger partial charge in [0.15, 0.2) is 0 Å². The second kappa shape index (κ2) is 2.90. The van der Waals surface area contributed by atoms with Crippen LogP contribution in [0.5, 0.6) is 0 Å². The summed E-state index contributed by atoms with van der Waals surface area (Å²) in [4.78, 5) is 8.48. The quantitative estimate of drug-likeness (QED) is 0.800. The van der Waals surface area contributed by atoms with Crippen LogP contribution in [0.2, 0.25) is 5.02 Å². The van der Waals surface area contributed by atoms with Crippen LogP contribution in [0.3, 0.4) is 0 Å². The van der Waals surface area contributed by atoms with Crippen LogP contribution in [0.15, 0.2) is 24.5 Å². The molecule has 4 heteroatoms. The third-order valence-corrected chi connectivity index (χ3v) is 3.09. The Morgan fingerprint density at radius 3 is 2.80 bits per heavy atom. The Labute approximate surface area is 92.3 Å². The highest BCUT2D eigenvalue weighted by Gasteiger charge is 2.42. The molecule has 1 saturated carbocycles. The number of nitrogens with zero attached hydrogens (tertiary/aromatic N) is 2. The third-order valence-electron chi connectivity index (χ3n) is 2.86. The minimum Gasteiger partial charge on any atom is -0.320 e. The first kappa shape index (κ1) is 9.07. The number of fused-ring (bicyclic) bond motifs is 1. The van der Waals surface area contributed by atoms with Gasteiger partial charge < -0.3 is 5.73 Å². The summed E-state index contributed by atoms with van der Waals surface area (Å²) in [6, 6.07) is 5.64. The number of nitrogens with two attached hydrogens (primary N) is 1. The van der Waals surface area contributed by atoms with Crippen molar-refractivity contribution in [3.8, 4) is 0 Å². The Kier molecular flexibility index (Phi) is 1.75. The Morgan fingerprint density at radius 1 is 1.27 bits per heavy atom. The van der Waals surface area contributed by atoms with E-state index in [2.05, 4.69) is 9.97 Å². The van der Waals surface area contributed by atoms with Gasteiger partial charge in [0.1, 0.15) is 6.33 Å². The first-order valence-corrected chi connectivity index (χ1v) is 5.26. The maximum absolute atomic E-state index is 6.15. The summed E-state index contributed by atoms with van der Waals surface area (Å²) in [6.45, 7) is 0. The van der Waals surface area contributed by atoms with Crippen molar-refractivity contribution in [1.29, 1.82) is 0 Å². The zero-order chi connectivity index (χ0) is 10.5. The third kappa shape index (κ3) is 1.39. The molecule has 2 N–H and O–H groups in total. The van der Waals surface area contributed by atoms with E-state index in [9.17, 15) is 0 Å². The molecule has 0 atom stereocenters. The lowest BCUT2D eigenvalue weighted by Crippen LogP contribution is -2.20. The molecule has 1 aromatic carbocycles. The molecule has 76 valence electrons. The van der Waals surface area contributed by atoms with Gasteiger partial charge in [0.25, 0.3) is 0 Å². The average molecular weight is 220 g/mol. The molecule has 2 aromatic rings. The Balaban J connectivity index is 2.31. The predicted molar refractivity (Wildman–Crippen MR) is 59.6 cm³/mol. The molecular weight excluding hydrogens is 210 g/mol. The molecule has 0 spiro atoms. The zero-order valence-electron chi connectivity index (χ0n) is 8.07. The molecule has 0 bridgehead atoms. The van der Waals surface area contributed by atoms with Gasteiger partial charge >= 0.3 is 0 Å². The van der Waals surface area contributed by atoms with Gasteiger partial charge in [-0.2, -0.15) is 0 Å². The van der Waals surface area contributed by atoms with Gasteiger partial charge in [-0.05, 0) is 31.0 Å². The van der Waals surface area contributed by atoms with Crippen LogP contribution in [0.4, 0.5) is 0 Å². The SMILES string of the molecule is NC1(c2ncnc3cc(Cl)ccc23)CC1. The van der Waals surface area contributed by atoms with Gasteiger partial charge in [0.05, 0.1) is 16.7 Å². The van der Waals surface area contributed by atoms with Gasteiger partial charge in [-0.3, -0.25) is 0 Å². The predicted octanol–water partition coefficient (Wildman–Crippen LogP) is 2.23. The first-order chi connectivity index (χ1) is 7.19. The fourth-order valence-corrected chi connectivity index (χ4v) is 1.96. The standard InChI is InChI=1S/C11H10ClN3/c12-7-1-2-8-9(5-7)14-6-15-10(8)11(13)3-4-11/h1-2,5-6H,3-4,13H2. The topological polar surface area (TPSA) is 51.8 Å². The van der Waals surface area contributed by atoms with Crippen LogP contribution in [-0.2, 0) is 5.54 Å². The van der Waals surface area contributed by atoms with E-state index in [0.717, 1.165) is 29.4 Å². The lowest BCUT2D eigenvalue weighted by atomic mass is 10.1. The number of halogens is 1. The smallest absolute Gasteiger partial charge is 0.116 e. The molecule has 0 amide bonds. The van der Waals surface area contributed by atoms with Crippen molar-refractivity contribution in [3.05, 3.63) is 35.2 Å². The molecular formula is C11H10ClN3. The van der Waals surface area contributed by atoms with Gasteiger partial charge in [-0.15, -0.1) is 0 Å². The Bertz CT molecular complexity index is 534. The minimum atomic E-state index is -0.227. The molecule has 1 aliphatic carbocycles. The molecule has 3 nitrogen and oxygen atoms in total. The van der Waals surface area contributed by atoms with E-state index in [0.29, 0.717) is 5.02 Å². The van der Waals surface area contributed by atoms with E-state index in [1.165, 1.54) is 0 Å². The van der Waals surface area contributed by atoms with Crippen molar-refractivity contribution in [1.82, 2.24) is 9.97 Å². The lowest BCUT2D eigenvalue weighted by molar-refractivity contribution is 0.714. The Morgan fingerprint density at radius 2 is 2.07 bits per heavy atom. The largest absolute Gasteiger partial charge is 0.320 e. The fourth-order valence-electron chi connectivity index (χ4n) is 1.80. The number of hydrogen-bond acceptors (Lipinski definition) is 3. The molecule has 0 saturated heterocycles. The average Bonchev–Trinajstić information content (AvgIpc) is 2.96. The number of hydrogen-bond donors (Lipinski definition) is 1. The summed E-state index contributed by atoms with van der Waals surface area (Å²) in [7, 11) is 0. The molecule has 15 heavy (non-hydrogen) atoms. The number of benzene rings is 1. The van der Waals surface area contributed by atoms with Crippen molar-refractivity contribution in [2.45, 2.75) is 18.4 Å². The van der Waals surface area contributed by atoms with Crippen LogP contribution < -0.4 is 5.73 Å². The van der Waals surface area contributed by atoms with Crippen molar-refractivity contribution in [3.63, 3.8) is 0 Å². The molecule has 0 radical (unpaired) electrons. The molecule has 1 aliphatic rings. The summed E-state index contributed by atoms with van der Waals surface area (Å²) in [5.74, 6) is 0. The molecule has 0 unspecified atom stereocenters. The van der Waals surface area contributed by atoms with Crippen LogP contribution in [-0.4, -0.2) is 9.97 Å². The number of rotatable bonds is 1. The lowest BCUT2D eigenvalue weighted by Gasteiger charge is -2.10. The summed E-state index contributed by atoms with van der Waals surface area (Å²) >= 11 is 5.91. The molecule has 0 aliphatic heterocycles. The van der Waals surface area contributed by atoms with Gasteiger partial charge in [-0.25, -0.2) is 9.97 Å². The highest BCUT2D eigenvalue weighted by atomic mass is 35.5.